The van der Waals surface area contributed by atoms with Crippen LogP contribution in [0.1, 0.15) is 24.9 Å². The Morgan fingerprint density at radius 2 is 1.83 bits per heavy atom. The molecule has 2 N–H and O–H groups in total. The van der Waals surface area contributed by atoms with Gasteiger partial charge in [-0.25, -0.2) is 9.82 Å². The van der Waals surface area contributed by atoms with Crippen LogP contribution in [0.5, 0.6) is 0 Å². The normalized spacial score (nSPS) is 13.2. The molecule has 3 nitrogen and oxygen atoms in total. The summed E-state index contributed by atoms with van der Waals surface area (Å²) in [4.78, 5) is 10.9. The Morgan fingerprint density at radius 3 is 2.28 bits per heavy atom. The zero-order chi connectivity index (χ0) is 13.8. The van der Waals surface area contributed by atoms with E-state index in [1.807, 2.05) is 10.9 Å². The van der Waals surface area contributed by atoms with Gasteiger partial charge in [0.05, 0.1) is 0 Å². The maximum absolute atomic E-state index is 12.8. The molecule has 0 saturated heterocycles. The highest BCUT2D eigenvalue weighted by atomic mass is 19.4. The first-order valence-electron chi connectivity index (χ1n) is 5.21. The van der Waals surface area contributed by atoms with E-state index in [1.54, 1.807) is 0 Å². The summed E-state index contributed by atoms with van der Waals surface area (Å²) in [6.07, 6.45) is -4.54. The maximum atomic E-state index is 12.8. The molecule has 0 aliphatic carbocycles. The first-order valence-corrected chi connectivity index (χ1v) is 5.21. The van der Waals surface area contributed by atoms with Gasteiger partial charge in [-0.05, 0) is 17.7 Å². The summed E-state index contributed by atoms with van der Waals surface area (Å²) in [5.41, 5.74) is 3.67. The molecule has 0 aliphatic heterocycles. The molecular weight excluding hydrogens is 252 g/mol. The summed E-state index contributed by atoms with van der Waals surface area (Å²) in [6.45, 7) is 1.51. The Morgan fingerprint density at radius 1 is 1.28 bits per heavy atom. The van der Waals surface area contributed by atoms with Crippen LogP contribution in [0.4, 0.5) is 17.6 Å². The van der Waals surface area contributed by atoms with E-state index in [0.29, 0.717) is 0 Å². The van der Waals surface area contributed by atoms with Crippen molar-refractivity contribution in [2.24, 2.45) is 0 Å². The highest BCUT2D eigenvalue weighted by Gasteiger charge is 2.41. The van der Waals surface area contributed by atoms with E-state index >= 15 is 0 Å². The molecule has 1 unspecified atom stereocenters. The van der Waals surface area contributed by atoms with Crippen molar-refractivity contribution in [1.82, 2.24) is 10.9 Å². The fourth-order valence-electron chi connectivity index (χ4n) is 1.25. The van der Waals surface area contributed by atoms with Crippen molar-refractivity contribution < 1.29 is 22.4 Å². The number of benzene rings is 1. The van der Waals surface area contributed by atoms with Gasteiger partial charge in [0.1, 0.15) is 11.9 Å². The molecule has 0 aliphatic rings. The molecule has 1 atom stereocenters. The molecule has 100 valence electrons. The second-order valence-corrected chi connectivity index (χ2v) is 3.57. The highest BCUT2D eigenvalue weighted by Crippen LogP contribution is 2.32. The van der Waals surface area contributed by atoms with Gasteiger partial charge in [-0.15, -0.1) is 0 Å². The average molecular weight is 264 g/mol. The van der Waals surface area contributed by atoms with Crippen LogP contribution in [0.15, 0.2) is 24.3 Å². The van der Waals surface area contributed by atoms with Crippen LogP contribution in [0.2, 0.25) is 0 Å². The Balaban J connectivity index is 2.85. The highest BCUT2D eigenvalue weighted by molar-refractivity contribution is 5.74. The van der Waals surface area contributed by atoms with E-state index in [4.69, 9.17) is 0 Å². The first kappa shape index (κ1) is 14.4. The number of nitrogens with one attached hydrogen (secondary N) is 2. The van der Waals surface area contributed by atoms with Gasteiger partial charge in [-0.1, -0.05) is 19.1 Å². The molecule has 0 heterocycles. The average Bonchev–Trinajstić information content (AvgIpc) is 2.29. The zero-order valence-electron chi connectivity index (χ0n) is 9.51. The molecule has 0 spiro atoms. The zero-order valence-corrected chi connectivity index (χ0v) is 9.51. The van der Waals surface area contributed by atoms with Crippen molar-refractivity contribution >= 4 is 5.91 Å². The van der Waals surface area contributed by atoms with Crippen LogP contribution < -0.4 is 10.9 Å². The molecule has 0 fully saturated rings. The molecule has 0 saturated carbocycles. The predicted molar refractivity (Wildman–Crippen MR) is 56.8 cm³/mol. The van der Waals surface area contributed by atoms with Gasteiger partial charge in [-0.3, -0.25) is 10.2 Å². The number of hydrazine groups is 1. The number of alkyl halides is 3. The monoisotopic (exact) mass is 264 g/mol. The minimum absolute atomic E-state index is 0.0565. The van der Waals surface area contributed by atoms with E-state index in [0.717, 1.165) is 24.3 Å². The lowest BCUT2D eigenvalue weighted by molar-refractivity contribution is -0.161. The molecule has 0 aromatic heterocycles. The summed E-state index contributed by atoms with van der Waals surface area (Å²) < 4.78 is 50.9. The summed E-state index contributed by atoms with van der Waals surface area (Å²) in [5, 5.41) is 0. The van der Waals surface area contributed by atoms with E-state index < -0.39 is 23.9 Å². The van der Waals surface area contributed by atoms with Gasteiger partial charge in [0.25, 0.3) is 0 Å². The molecular formula is C11H12F4N2O. The van der Waals surface area contributed by atoms with Crippen LogP contribution in [0.3, 0.4) is 0 Å². The summed E-state index contributed by atoms with van der Waals surface area (Å²) in [5.74, 6) is -1.19. The number of halogens is 4. The van der Waals surface area contributed by atoms with Gasteiger partial charge < -0.3 is 0 Å². The molecule has 7 heteroatoms. The van der Waals surface area contributed by atoms with Gasteiger partial charge in [0.2, 0.25) is 5.91 Å². The van der Waals surface area contributed by atoms with Crippen molar-refractivity contribution in [2.75, 3.05) is 0 Å². The van der Waals surface area contributed by atoms with Crippen LogP contribution >= 0.6 is 0 Å². The topological polar surface area (TPSA) is 41.1 Å². The molecule has 18 heavy (non-hydrogen) atoms. The van der Waals surface area contributed by atoms with E-state index in [1.165, 1.54) is 6.92 Å². The van der Waals surface area contributed by atoms with Crippen LogP contribution in [-0.2, 0) is 4.79 Å². The minimum Gasteiger partial charge on any atom is -0.291 e. The fourth-order valence-corrected chi connectivity index (χ4v) is 1.25. The van der Waals surface area contributed by atoms with E-state index in [-0.39, 0.29) is 12.0 Å². The van der Waals surface area contributed by atoms with Crippen molar-refractivity contribution in [2.45, 2.75) is 25.6 Å². The lowest BCUT2D eigenvalue weighted by Gasteiger charge is -2.22. The standard InChI is InChI=1S/C11H12F4N2O/c1-2-9(18)16-17-10(11(13,14)15)7-3-5-8(12)6-4-7/h3-6,10,17H,2H2,1H3,(H,16,18). The molecule has 1 aromatic carbocycles. The Labute approximate surface area is 101 Å². The molecule has 1 aromatic rings. The number of amides is 1. The second kappa shape index (κ2) is 5.81. The Kier molecular flexibility index (Phi) is 4.66. The van der Waals surface area contributed by atoms with Gasteiger partial charge in [0.15, 0.2) is 0 Å². The van der Waals surface area contributed by atoms with E-state index in [9.17, 15) is 22.4 Å². The number of rotatable bonds is 4. The third-order valence-corrected chi connectivity index (χ3v) is 2.21. The van der Waals surface area contributed by atoms with Gasteiger partial charge in [0, 0.05) is 6.42 Å². The van der Waals surface area contributed by atoms with Crippen molar-refractivity contribution in [1.29, 1.82) is 0 Å². The summed E-state index contributed by atoms with van der Waals surface area (Å²) in [7, 11) is 0. The first-order chi connectivity index (χ1) is 8.34. The molecule has 0 radical (unpaired) electrons. The number of carbonyl (C=O) groups excluding carboxylic acids is 1. The van der Waals surface area contributed by atoms with Crippen LogP contribution in [-0.4, -0.2) is 12.1 Å². The second-order valence-electron chi connectivity index (χ2n) is 3.57. The maximum Gasteiger partial charge on any atom is 0.409 e. The third kappa shape index (κ3) is 3.99. The number of hydrogen-bond acceptors (Lipinski definition) is 2. The number of carbonyl (C=O) groups is 1. The largest absolute Gasteiger partial charge is 0.409 e. The lowest BCUT2D eigenvalue weighted by atomic mass is 10.1. The Bertz CT molecular complexity index is 402. The quantitative estimate of drug-likeness (QED) is 0.648. The van der Waals surface area contributed by atoms with E-state index in [2.05, 4.69) is 0 Å². The SMILES string of the molecule is CCC(=O)NNC(c1ccc(F)cc1)C(F)(F)F. The van der Waals surface area contributed by atoms with Crippen LogP contribution in [0.25, 0.3) is 0 Å². The van der Waals surface area contributed by atoms with Crippen molar-refractivity contribution in [3.8, 4) is 0 Å². The van der Waals surface area contributed by atoms with Crippen molar-refractivity contribution in [3.05, 3.63) is 35.6 Å². The summed E-state index contributed by atoms with van der Waals surface area (Å²) >= 11 is 0. The smallest absolute Gasteiger partial charge is 0.291 e. The fraction of sp³-hybridized carbons (Fsp3) is 0.364. The minimum atomic E-state index is -4.60. The third-order valence-electron chi connectivity index (χ3n) is 2.21. The Hall–Kier alpha value is -1.63. The van der Waals surface area contributed by atoms with Crippen molar-refractivity contribution in [3.63, 3.8) is 0 Å². The number of hydrogen-bond donors (Lipinski definition) is 2. The molecule has 0 bridgehead atoms. The van der Waals surface area contributed by atoms with Gasteiger partial charge >= 0.3 is 6.18 Å². The predicted octanol–water partition coefficient (Wildman–Crippen LogP) is 2.46. The summed E-state index contributed by atoms with van der Waals surface area (Å²) in [6, 6.07) is 1.81. The van der Waals surface area contributed by atoms with Gasteiger partial charge in [-0.2, -0.15) is 13.2 Å². The molecule has 1 rings (SSSR count). The lowest BCUT2D eigenvalue weighted by Crippen LogP contribution is -2.45. The van der Waals surface area contributed by atoms with Crippen LogP contribution in [0, 0.1) is 5.82 Å². The molecule has 1 amide bonds.